The Hall–Kier alpha value is -2.34. The molecule has 0 atom stereocenters. The molecule has 1 aliphatic carbocycles. The SMILES string of the molecule is O=C(O)CCCCCCCCCCCNC(=O)Cc1cn(CCCOC2CCCCC2)c2ccccc12. The summed E-state index contributed by atoms with van der Waals surface area (Å²) in [4.78, 5) is 23.1. The number of carboxylic acids is 1. The third-order valence-corrected chi connectivity index (χ3v) is 7.56. The van der Waals surface area contributed by atoms with E-state index < -0.39 is 5.97 Å². The van der Waals surface area contributed by atoms with Gasteiger partial charge in [-0.2, -0.15) is 0 Å². The van der Waals surface area contributed by atoms with Gasteiger partial charge in [0, 0.05) is 43.2 Å². The summed E-state index contributed by atoms with van der Waals surface area (Å²) < 4.78 is 8.39. The predicted molar refractivity (Wildman–Crippen MR) is 150 cm³/mol. The molecule has 6 nitrogen and oxygen atoms in total. The molecule has 0 radical (unpaired) electrons. The first kappa shape index (κ1) is 29.2. The highest BCUT2D eigenvalue weighted by Gasteiger charge is 2.14. The minimum absolute atomic E-state index is 0.102. The molecule has 1 aromatic heterocycles. The smallest absolute Gasteiger partial charge is 0.303 e. The maximum Gasteiger partial charge on any atom is 0.303 e. The number of aromatic nitrogens is 1. The van der Waals surface area contributed by atoms with Crippen LogP contribution in [0.25, 0.3) is 10.9 Å². The first-order chi connectivity index (χ1) is 18.1. The van der Waals surface area contributed by atoms with Gasteiger partial charge in [0.05, 0.1) is 12.5 Å². The Kier molecular flexibility index (Phi) is 13.6. The summed E-state index contributed by atoms with van der Waals surface area (Å²) >= 11 is 0. The van der Waals surface area contributed by atoms with Crippen molar-refractivity contribution in [2.75, 3.05) is 13.2 Å². The second kappa shape index (κ2) is 17.2. The lowest BCUT2D eigenvalue weighted by Gasteiger charge is -2.22. The highest BCUT2D eigenvalue weighted by Crippen LogP contribution is 2.23. The topological polar surface area (TPSA) is 80.6 Å². The van der Waals surface area contributed by atoms with E-state index >= 15 is 0 Å². The average molecular weight is 513 g/mol. The molecule has 1 heterocycles. The quantitative estimate of drug-likeness (QED) is 0.198. The first-order valence-corrected chi connectivity index (χ1v) is 14.8. The number of nitrogens with one attached hydrogen (secondary N) is 1. The van der Waals surface area contributed by atoms with E-state index in [1.807, 2.05) is 0 Å². The summed E-state index contributed by atoms with van der Waals surface area (Å²) in [5, 5.41) is 12.9. The molecule has 0 aliphatic heterocycles. The second-order valence-electron chi connectivity index (χ2n) is 10.7. The number of hydrogen-bond donors (Lipinski definition) is 2. The van der Waals surface area contributed by atoms with E-state index in [-0.39, 0.29) is 5.91 Å². The van der Waals surface area contributed by atoms with E-state index in [0.717, 1.165) is 63.8 Å². The zero-order valence-electron chi connectivity index (χ0n) is 22.7. The number of aryl methyl sites for hydroxylation is 1. The van der Waals surface area contributed by atoms with Crippen LogP contribution in [0.1, 0.15) is 108 Å². The number of para-hydroxylation sites is 1. The molecule has 0 spiro atoms. The van der Waals surface area contributed by atoms with Crippen molar-refractivity contribution in [3.05, 3.63) is 36.0 Å². The Morgan fingerprint density at radius 3 is 2.30 bits per heavy atom. The van der Waals surface area contributed by atoms with Crippen LogP contribution in [0.5, 0.6) is 0 Å². The molecule has 0 unspecified atom stereocenters. The molecule has 2 N–H and O–H groups in total. The highest BCUT2D eigenvalue weighted by atomic mass is 16.5. The minimum atomic E-state index is -0.690. The molecule has 1 aliphatic rings. The Labute approximate surface area is 223 Å². The van der Waals surface area contributed by atoms with Crippen molar-refractivity contribution < 1.29 is 19.4 Å². The normalized spacial score (nSPS) is 14.3. The lowest BCUT2D eigenvalue weighted by atomic mass is 9.98. The molecule has 2 aromatic rings. The maximum atomic E-state index is 12.6. The number of aliphatic carboxylic acids is 1. The minimum Gasteiger partial charge on any atom is -0.481 e. The standard InChI is InChI=1S/C31H48N2O4/c34-30(32-21-14-7-5-3-1-2-4-6-11-20-31(35)36)24-26-25-33(29-19-13-12-18-28(26)29)22-15-23-37-27-16-9-8-10-17-27/h12-13,18-19,25,27H,1-11,14-17,20-24H2,(H,32,34)(H,35,36). The van der Waals surface area contributed by atoms with E-state index in [0.29, 0.717) is 18.9 Å². The summed E-state index contributed by atoms with van der Waals surface area (Å²) in [5.41, 5.74) is 2.30. The summed E-state index contributed by atoms with van der Waals surface area (Å²) in [7, 11) is 0. The molecule has 37 heavy (non-hydrogen) atoms. The zero-order chi connectivity index (χ0) is 26.1. The second-order valence-corrected chi connectivity index (χ2v) is 10.7. The third-order valence-electron chi connectivity index (χ3n) is 7.56. The Balaban J connectivity index is 1.28. The Morgan fingerprint density at radius 1 is 0.892 bits per heavy atom. The summed E-state index contributed by atoms with van der Waals surface area (Å²) in [6, 6.07) is 8.39. The lowest BCUT2D eigenvalue weighted by Crippen LogP contribution is -2.26. The van der Waals surface area contributed by atoms with Crippen molar-refractivity contribution in [3.8, 4) is 0 Å². The van der Waals surface area contributed by atoms with Gasteiger partial charge in [-0.05, 0) is 43.7 Å². The van der Waals surface area contributed by atoms with Gasteiger partial charge >= 0.3 is 5.97 Å². The van der Waals surface area contributed by atoms with Gasteiger partial charge < -0.3 is 19.7 Å². The fourth-order valence-corrected chi connectivity index (χ4v) is 5.47. The Morgan fingerprint density at radius 2 is 1.57 bits per heavy atom. The fourth-order valence-electron chi connectivity index (χ4n) is 5.47. The van der Waals surface area contributed by atoms with Crippen LogP contribution in [-0.2, 0) is 27.3 Å². The molecule has 1 saturated carbocycles. The summed E-state index contributed by atoms with van der Waals surface area (Å²) in [5.74, 6) is -0.588. The molecular formula is C31H48N2O4. The average Bonchev–Trinajstić information content (AvgIpc) is 3.25. The van der Waals surface area contributed by atoms with E-state index in [1.54, 1.807) is 0 Å². The molecule has 0 saturated heterocycles. The van der Waals surface area contributed by atoms with Crippen LogP contribution in [0, 0.1) is 0 Å². The number of carboxylic acid groups (broad SMARTS) is 1. The van der Waals surface area contributed by atoms with E-state index in [2.05, 4.69) is 40.3 Å². The van der Waals surface area contributed by atoms with Crippen LogP contribution in [0.4, 0.5) is 0 Å². The molecule has 1 amide bonds. The van der Waals surface area contributed by atoms with E-state index in [9.17, 15) is 9.59 Å². The van der Waals surface area contributed by atoms with E-state index in [1.165, 1.54) is 68.7 Å². The molecular weight excluding hydrogens is 464 g/mol. The largest absolute Gasteiger partial charge is 0.481 e. The molecule has 1 fully saturated rings. The third kappa shape index (κ3) is 11.3. The number of benzene rings is 1. The summed E-state index contributed by atoms with van der Waals surface area (Å²) in [6.07, 6.45) is 20.6. The fraction of sp³-hybridized carbons (Fsp3) is 0.677. The lowest BCUT2D eigenvalue weighted by molar-refractivity contribution is -0.137. The van der Waals surface area contributed by atoms with Crippen molar-refractivity contribution in [1.29, 1.82) is 0 Å². The number of amides is 1. The van der Waals surface area contributed by atoms with Crippen molar-refractivity contribution in [2.24, 2.45) is 0 Å². The van der Waals surface area contributed by atoms with Crippen LogP contribution in [0.15, 0.2) is 30.5 Å². The number of unbranched alkanes of at least 4 members (excludes halogenated alkanes) is 8. The summed E-state index contributed by atoms with van der Waals surface area (Å²) in [6.45, 7) is 2.46. The van der Waals surface area contributed by atoms with Gasteiger partial charge in [0.1, 0.15) is 0 Å². The number of carbonyl (C=O) groups excluding carboxylic acids is 1. The van der Waals surface area contributed by atoms with Crippen molar-refractivity contribution in [3.63, 3.8) is 0 Å². The van der Waals surface area contributed by atoms with Gasteiger partial charge in [0.25, 0.3) is 0 Å². The van der Waals surface area contributed by atoms with Crippen LogP contribution in [0.3, 0.4) is 0 Å². The maximum absolute atomic E-state index is 12.6. The molecule has 6 heteroatoms. The number of rotatable bonds is 19. The van der Waals surface area contributed by atoms with Gasteiger partial charge in [-0.25, -0.2) is 0 Å². The monoisotopic (exact) mass is 512 g/mol. The predicted octanol–water partition coefficient (Wildman–Crippen LogP) is 7.03. The Bertz CT molecular complexity index is 932. The molecule has 0 bridgehead atoms. The van der Waals surface area contributed by atoms with Crippen molar-refractivity contribution in [1.82, 2.24) is 9.88 Å². The molecule has 1 aromatic carbocycles. The van der Waals surface area contributed by atoms with Gasteiger partial charge in [-0.1, -0.05) is 82.4 Å². The number of hydrogen-bond acceptors (Lipinski definition) is 3. The van der Waals surface area contributed by atoms with Gasteiger partial charge in [-0.15, -0.1) is 0 Å². The van der Waals surface area contributed by atoms with Gasteiger partial charge in [0.15, 0.2) is 0 Å². The molecule has 3 rings (SSSR count). The van der Waals surface area contributed by atoms with Gasteiger partial charge in [0.2, 0.25) is 5.91 Å². The number of fused-ring (bicyclic) bond motifs is 1. The van der Waals surface area contributed by atoms with Crippen LogP contribution < -0.4 is 5.32 Å². The molecule has 206 valence electrons. The first-order valence-electron chi connectivity index (χ1n) is 14.8. The van der Waals surface area contributed by atoms with Crippen LogP contribution >= 0.6 is 0 Å². The number of carbonyl (C=O) groups is 2. The number of nitrogens with zero attached hydrogens (tertiary/aromatic N) is 1. The van der Waals surface area contributed by atoms with Crippen molar-refractivity contribution in [2.45, 2.75) is 122 Å². The van der Waals surface area contributed by atoms with Crippen LogP contribution in [-0.4, -0.2) is 40.8 Å². The van der Waals surface area contributed by atoms with Crippen molar-refractivity contribution >= 4 is 22.8 Å². The zero-order valence-corrected chi connectivity index (χ0v) is 22.7. The van der Waals surface area contributed by atoms with E-state index in [4.69, 9.17) is 9.84 Å². The highest BCUT2D eigenvalue weighted by molar-refractivity contribution is 5.89. The van der Waals surface area contributed by atoms with Gasteiger partial charge in [-0.3, -0.25) is 9.59 Å². The van der Waals surface area contributed by atoms with Crippen LogP contribution in [0.2, 0.25) is 0 Å². The number of ether oxygens (including phenoxy) is 1.